The Morgan fingerprint density at radius 2 is 1.76 bits per heavy atom. The second-order valence-electron chi connectivity index (χ2n) is 8.24. The lowest BCUT2D eigenvalue weighted by Gasteiger charge is -2.25. The van der Waals surface area contributed by atoms with E-state index in [0.717, 1.165) is 16.5 Å². The van der Waals surface area contributed by atoms with Gasteiger partial charge in [-0.15, -0.1) is 0 Å². The number of likely N-dealkylation sites (tertiary alicyclic amines) is 1. The molecule has 5 rings (SSSR count). The Morgan fingerprint density at radius 1 is 1.00 bits per heavy atom. The molecule has 1 fully saturated rings. The Bertz CT molecular complexity index is 1400. The molecule has 6 heteroatoms. The first kappa shape index (κ1) is 21.5. The first-order valence-corrected chi connectivity index (χ1v) is 11.1. The molecular weight excluding hydrogens is 428 g/mol. The third kappa shape index (κ3) is 3.73. The fourth-order valence-corrected chi connectivity index (χ4v) is 4.60. The normalized spacial score (nSPS) is 17.4. The smallest absolute Gasteiger partial charge is 0.295 e. The van der Waals surface area contributed by atoms with E-state index in [1.54, 1.807) is 48.4 Å². The highest BCUT2D eigenvalue weighted by atomic mass is 16.5. The van der Waals surface area contributed by atoms with Gasteiger partial charge < -0.3 is 19.7 Å². The quantitative estimate of drug-likeness (QED) is 0.249. The van der Waals surface area contributed by atoms with Crippen molar-refractivity contribution in [3.8, 4) is 5.75 Å². The molecule has 2 N–H and O–H groups in total. The standard InChI is InChI=1S/C28H24N2O4/c1-34-21-11-7-10-19(16-21)25-24(26(31)18-8-3-2-4-9-18)27(32)28(33)30(25)15-14-20-17-29-23-13-6-5-12-22(20)23/h2-13,16-17,25,29,31H,14-15H2,1H3/t25-/m1/s1. The molecule has 0 spiro atoms. The molecule has 0 bridgehead atoms. The summed E-state index contributed by atoms with van der Waals surface area (Å²) in [6.45, 7) is 0.319. The van der Waals surface area contributed by atoms with Crippen molar-refractivity contribution in [1.82, 2.24) is 9.88 Å². The van der Waals surface area contributed by atoms with Gasteiger partial charge in [-0.05, 0) is 35.7 Å². The van der Waals surface area contributed by atoms with Gasteiger partial charge in [-0.1, -0.05) is 60.7 Å². The summed E-state index contributed by atoms with van der Waals surface area (Å²) < 4.78 is 5.38. The van der Waals surface area contributed by atoms with Crippen molar-refractivity contribution in [2.24, 2.45) is 0 Å². The molecule has 6 nitrogen and oxygen atoms in total. The van der Waals surface area contributed by atoms with Crippen molar-refractivity contribution >= 4 is 28.4 Å². The van der Waals surface area contributed by atoms with Crippen LogP contribution in [0.2, 0.25) is 0 Å². The van der Waals surface area contributed by atoms with E-state index in [9.17, 15) is 14.7 Å². The highest BCUT2D eigenvalue weighted by Gasteiger charge is 2.46. The summed E-state index contributed by atoms with van der Waals surface area (Å²) in [5.41, 5.74) is 3.36. The number of nitrogens with one attached hydrogen (secondary N) is 1. The molecule has 1 aliphatic heterocycles. The Labute approximate surface area is 197 Å². The summed E-state index contributed by atoms with van der Waals surface area (Å²) in [5.74, 6) is -0.876. The summed E-state index contributed by atoms with van der Waals surface area (Å²) in [4.78, 5) is 31.2. The van der Waals surface area contributed by atoms with Crippen molar-refractivity contribution in [2.45, 2.75) is 12.5 Å². The van der Waals surface area contributed by atoms with Crippen LogP contribution in [0.15, 0.2) is 90.6 Å². The lowest BCUT2D eigenvalue weighted by atomic mass is 9.95. The summed E-state index contributed by atoms with van der Waals surface area (Å²) in [7, 11) is 1.57. The number of aromatic nitrogens is 1. The highest BCUT2D eigenvalue weighted by molar-refractivity contribution is 6.46. The first-order valence-electron chi connectivity index (χ1n) is 11.1. The number of hydrogen-bond donors (Lipinski definition) is 2. The number of benzene rings is 3. The Kier molecular flexibility index (Phi) is 5.64. The molecule has 0 unspecified atom stereocenters. The van der Waals surface area contributed by atoms with Crippen LogP contribution in [0.25, 0.3) is 16.7 Å². The van der Waals surface area contributed by atoms with Gasteiger partial charge in [-0.2, -0.15) is 0 Å². The lowest BCUT2D eigenvalue weighted by Crippen LogP contribution is -2.31. The third-order valence-corrected chi connectivity index (χ3v) is 6.29. The number of para-hydroxylation sites is 1. The van der Waals surface area contributed by atoms with Crippen LogP contribution >= 0.6 is 0 Å². The number of carbonyl (C=O) groups excluding carboxylic acids is 2. The SMILES string of the molecule is COc1cccc([C@@H]2C(=C(O)c3ccccc3)C(=O)C(=O)N2CCc2c[nH]c3ccccc23)c1. The van der Waals surface area contributed by atoms with E-state index >= 15 is 0 Å². The fourth-order valence-electron chi connectivity index (χ4n) is 4.60. The fraction of sp³-hybridized carbons (Fsp3) is 0.143. The van der Waals surface area contributed by atoms with Crippen LogP contribution in [0.4, 0.5) is 0 Å². The molecule has 3 aromatic carbocycles. The molecule has 0 saturated carbocycles. The lowest BCUT2D eigenvalue weighted by molar-refractivity contribution is -0.139. The number of carbonyl (C=O) groups is 2. The van der Waals surface area contributed by atoms with Gasteiger partial charge >= 0.3 is 0 Å². The predicted molar refractivity (Wildman–Crippen MR) is 130 cm³/mol. The van der Waals surface area contributed by atoms with Crippen LogP contribution in [0.3, 0.4) is 0 Å². The van der Waals surface area contributed by atoms with E-state index in [0.29, 0.717) is 29.8 Å². The van der Waals surface area contributed by atoms with Crippen LogP contribution < -0.4 is 4.74 Å². The van der Waals surface area contributed by atoms with Crippen LogP contribution in [-0.4, -0.2) is 40.3 Å². The maximum absolute atomic E-state index is 13.2. The second kappa shape index (κ2) is 8.90. The molecule has 1 aliphatic rings. The molecule has 1 saturated heterocycles. The minimum Gasteiger partial charge on any atom is -0.507 e. The molecule has 1 amide bonds. The molecule has 34 heavy (non-hydrogen) atoms. The van der Waals surface area contributed by atoms with Crippen molar-refractivity contribution < 1.29 is 19.4 Å². The molecule has 2 heterocycles. The molecule has 1 atom stereocenters. The van der Waals surface area contributed by atoms with Gasteiger partial charge in [0, 0.05) is 29.2 Å². The van der Waals surface area contributed by atoms with Gasteiger partial charge in [0.15, 0.2) is 0 Å². The average Bonchev–Trinajstić information content (AvgIpc) is 3.41. The monoisotopic (exact) mass is 452 g/mol. The van der Waals surface area contributed by atoms with Gasteiger partial charge in [0.2, 0.25) is 0 Å². The predicted octanol–water partition coefficient (Wildman–Crippen LogP) is 4.84. The number of ketones is 1. The van der Waals surface area contributed by atoms with E-state index in [-0.39, 0.29) is 11.3 Å². The number of hydrogen-bond acceptors (Lipinski definition) is 4. The van der Waals surface area contributed by atoms with Crippen LogP contribution in [0.5, 0.6) is 5.75 Å². The molecule has 170 valence electrons. The van der Waals surface area contributed by atoms with Crippen molar-refractivity contribution in [3.05, 3.63) is 107 Å². The van der Waals surface area contributed by atoms with Crippen molar-refractivity contribution in [1.29, 1.82) is 0 Å². The minimum atomic E-state index is -0.722. The number of fused-ring (bicyclic) bond motifs is 1. The van der Waals surface area contributed by atoms with E-state index in [2.05, 4.69) is 4.98 Å². The maximum Gasteiger partial charge on any atom is 0.295 e. The number of rotatable bonds is 6. The number of aliphatic hydroxyl groups is 1. The first-order chi connectivity index (χ1) is 16.6. The van der Waals surface area contributed by atoms with Crippen molar-refractivity contribution in [3.63, 3.8) is 0 Å². The van der Waals surface area contributed by atoms with Gasteiger partial charge in [0.25, 0.3) is 11.7 Å². The Hall–Kier alpha value is -4.32. The third-order valence-electron chi connectivity index (χ3n) is 6.29. The maximum atomic E-state index is 13.2. The topological polar surface area (TPSA) is 82.6 Å². The number of nitrogens with zero attached hydrogens (tertiary/aromatic N) is 1. The molecule has 0 radical (unpaired) electrons. The van der Waals surface area contributed by atoms with Gasteiger partial charge in [0.1, 0.15) is 11.5 Å². The Balaban J connectivity index is 1.57. The number of methoxy groups -OCH3 is 1. The summed E-state index contributed by atoms with van der Waals surface area (Å²) >= 11 is 0. The molecular formula is C28H24N2O4. The van der Waals surface area contributed by atoms with Gasteiger partial charge in [0.05, 0.1) is 18.7 Å². The highest BCUT2D eigenvalue weighted by Crippen LogP contribution is 2.40. The summed E-state index contributed by atoms with van der Waals surface area (Å²) in [6.07, 6.45) is 2.49. The summed E-state index contributed by atoms with van der Waals surface area (Å²) in [5, 5.41) is 12.2. The average molecular weight is 453 g/mol. The number of ether oxygens (including phenoxy) is 1. The van der Waals surface area contributed by atoms with Crippen LogP contribution in [0, 0.1) is 0 Å². The number of Topliss-reactive ketones (excluding diaryl/α,β-unsaturated/α-hetero) is 1. The minimum absolute atomic E-state index is 0.0865. The van der Waals surface area contributed by atoms with E-state index in [4.69, 9.17) is 4.74 Å². The van der Waals surface area contributed by atoms with E-state index in [1.807, 2.05) is 48.7 Å². The number of aromatic amines is 1. The summed E-state index contributed by atoms with van der Waals surface area (Å²) in [6, 6.07) is 23.3. The van der Waals surface area contributed by atoms with E-state index < -0.39 is 17.7 Å². The second-order valence-corrected chi connectivity index (χ2v) is 8.24. The molecule has 0 aliphatic carbocycles. The zero-order chi connectivity index (χ0) is 23.7. The van der Waals surface area contributed by atoms with E-state index in [1.165, 1.54) is 0 Å². The number of H-pyrrole nitrogens is 1. The Morgan fingerprint density at radius 3 is 2.56 bits per heavy atom. The zero-order valence-corrected chi connectivity index (χ0v) is 18.7. The van der Waals surface area contributed by atoms with Crippen LogP contribution in [-0.2, 0) is 16.0 Å². The molecule has 1 aromatic heterocycles. The van der Waals surface area contributed by atoms with Crippen LogP contribution in [0.1, 0.15) is 22.7 Å². The number of amides is 1. The zero-order valence-electron chi connectivity index (χ0n) is 18.7. The van der Waals surface area contributed by atoms with Gasteiger partial charge in [-0.3, -0.25) is 9.59 Å². The van der Waals surface area contributed by atoms with Gasteiger partial charge in [-0.25, -0.2) is 0 Å². The van der Waals surface area contributed by atoms with Crippen molar-refractivity contribution in [2.75, 3.05) is 13.7 Å². The largest absolute Gasteiger partial charge is 0.507 e. The molecule has 4 aromatic rings. The number of aliphatic hydroxyl groups excluding tert-OH is 1.